The number of alkyl halides is 1. The van der Waals surface area contributed by atoms with E-state index >= 15 is 4.39 Å². The van der Waals surface area contributed by atoms with Crippen LogP contribution in [0.4, 0.5) is 28.4 Å². The summed E-state index contributed by atoms with van der Waals surface area (Å²) >= 11 is 25.2. The molecule has 5 heterocycles. The number of nitrogens with zero attached hydrogens (tertiary/aromatic N) is 5. The zero-order chi connectivity index (χ0) is 67.1. The molecule has 10 rings (SSSR count). The average molecular weight is 1590 g/mol. The molecule has 5 aromatic carbocycles. The van der Waals surface area contributed by atoms with Gasteiger partial charge in [0.1, 0.15) is 34.3 Å². The number of terminal acetylenes is 1. The molecular weight excluding hydrogens is 1520 g/mol. The minimum Gasteiger partial charge on any atom is -0.443 e. The average Bonchev–Trinajstić information content (AvgIpc) is 1.51. The van der Waals surface area contributed by atoms with Crippen LogP contribution in [-0.4, -0.2) is 135 Å². The molecule has 2 atom stereocenters. The van der Waals surface area contributed by atoms with Crippen molar-refractivity contribution < 1.29 is 49.1 Å². The minimum atomic E-state index is -4.38. The van der Waals surface area contributed by atoms with E-state index in [1.54, 1.807) is 53.7 Å². The van der Waals surface area contributed by atoms with Gasteiger partial charge in [-0.2, -0.15) is 0 Å². The maximum atomic E-state index is 15.3. The van der Waals surface area contributed by atoms with Gasteiger partial charge in [-0.25, -0.2) is 53.2 Å². The van der Waals surface area contributed by atoms with Crippen molar-refractivity contribution in [1.29, 1.82) is 0 Å². The van der Waals surface area contributed by atoms with Crippen molar-refractivity contribution in [2.24, 2.45) is 0 Å². The standard InChI is InChI=1S/C27H30Br2ClFN2O6S.C21H20BrClFN3O2S.C16H19BrFN3/c1-26(2,3)38-24(34)32(40(36,37)18-9-7-17(30)8-10-18)12-11-19-20-13-16(29)14-21(31)23(20)33(22(19)15-28)25(35)39-27(4,5)6;1-3-10-27(2)13-20-17(18-11-14(22)12-19(24)21(18)26-20)8-9-25-30(28,29)16-6-4-15(23)5-7-16;1-10-8-20(2)9-16-15(10,4-5-21(16)3)12-6-11(17)7-13(18)14(12)19-16/h7-10,13-14H,11-12,15H2,1-6H3;1,4-7,11-12,25-26H,8-10,13H2,2H3;6-7,19H,1,4-5,8-9H2,2-3H3/t;;15-,16+/m..0/s1. The summed E-state index contributed by atoms with van der Waals surface area (Å²) in [5, 5.41) is 5.50. The summed E-state index contributed by atoms with van der Waals surface area (Å²) in [6, 6.07) is 21.0. The molecule has 7 aromatic rings. The number of nitrogens with one attached hydrogen (secondary N) is 3. The third-order valence-corrected chi connectivity index (χ3v) is 21.3. The number of aromatic nitrogens is 2. The van der Waals surface area contributed by atoms with Gasteiger partial charge < -0.3 is 19.8 Å². The Bertz CT molecular complexity index is 4240. The predicted octanol–water partition coefficient (Wildman–Crippen LogP) is 15.1. The van der Waals surface area contributed by atoms with Gasteiger partial charge in [0, 0.05) is 90.2 Å². The van der Waals surface area contributed by atoms with E-state index < -0.39 is 49.3 Å². The Hall–Kier alpha value is -4.95. The fourth-order valence-corrected chi connectivity index (χ4v) is 16.4. The highest BCUT2D eigenvalue weighted by molar-refractivity contribution is 9.11. The molecule has 0 unspecified atom stereocenters. The number of carbonyl (C=O) groups excluding carboxylic acids is 2. The van der Waals surface area contributed by atoms with Crippen LogP contribution in [0.5, 0.6) is 0 Å². The predicted molar refractivity (Wildman–Crippen MR) is 367 cm³/mol. The fourth-order valence-electron chi connectivity index (χ4n) is 11.9. The van der Waals surface area contributed by atoms with Gasteiger partial charge in [0.05, 0.1) is 38.5 Å². The Labute approximate surface area is 573 Å². The number of hydrogen-bond donors (Lipinski definition) is 3. The van der Waals surface area contributed by atoms with E-state index in [4.69, 9.17) is 39.1 Å². The number of fused-ring (bicyclic) bond motifs is 3. The van der Waals surface area contributed by atoms with Crippen LogP contribution in [-0.2, 0) is 59.7 Å². The Morgan fingerprint density at radius 3 is 1.98 bits per heavy atom. The monoisotopic (exact) mass is 1580 g/mol. The summed E-state index contributed by atoms with van der Waals surface area (Å²) in [5.41, 5.74) is 3.42. The van der Waals surface area contributed by atoms with Crippen molar-refractivity contribution in [2.45, 2.75) is 105 Å². The fraction of sp³-hybridized carbons (Fsp3) is 0.375. The molecular formula is C64H69Br4Cl2F3N8O8S2. The normalized spacial score (nSPS) is 17.5. The minimum absolute atomic E-state index is 0.0220. The van der Waals surface area contributed by atoms with Gasteiger partial charge in [-0.1, -0.05) is 99.4 Å². The van der Waals surface area contributed by atoms with Gasteiger partial charge in [0.15, 0.2) is 0 Å². The number of amides is 1. The summed E-state index contributed by atoms with van der Waals surface area (Å²) in [7, 11) is -1.96. The zero-order valence-corrected chi connectivity index (χ0v) is 60.9. The van der Waals surface area contributed by atoms with Gasteiger partial charge in [-0.15, -0.1) is 6.42 Å². The lowest BCUT2D eigenvalue weighted by molar-refractivity contribution is 0.0390. The molecule has 3 aliphatic heterocycles. The van der Waals surface area contributed by atoms with Crippen molar-refractivity contribution in [3.8, 4) is 12.3 Å². The van der Waals surface area contributed by atoms with Gasteiger partial charge in [0.25, 0.3) is 10.0 Å². The van der Waals surface area contributed by atoms with Crippen LogP contribution in [0.25, 0.3) is 21.8 Å². The second kappa shape index (κ2) is 28.2. The molecule has 3 N–H and O–H groups in total. The number of H-pyrrole nitrogens is 1. The van der Waals surface area contributed by atoms with Crippen LogP contribution in [0.2, 0.25) is 10.0 Å². The first-order valence-corrected chi connectivity index (χ1v) is 35.7. The number of rotatable bonds is 14. The molecule has 3 aliphatic rings. The number of likely N-dealkylation sites (tertiary alicyclic amines) is 2. The Kier molecular flexibility index (Phi) is 22.3. The topological polar surface area (TPSA) is 179 Å². The van der Waals surface area contributed by atoms with Crippen molar-refractivity contribution in [3.63, 3.8) is 0 Å². The van der Waals surface area contributed by atoms with E-state index in [9.17, 15) is 35.2 Å². The summed E-state index contributed by atoms with van der Waals surface area (Å²) in [6.45, 7) is 17.8. The smallest absolute Gasteiger partial charge is 0.424 e. The van der Waals surface area contributed by atoms with Crippen LogP contribution in [0.1, 0.15) is 76.0 Å². The maximum absolute atomic E-state index is 15.3. The Balaban J connectivity index is 0.000000184. The highest BCUT2D eigenvalue weighted by Gasteiger charge is 2.67. The highest BCUT2D eigenvalue weighted by Crippen LogP contribution is 2.61. The highest BCUT2D eigenvalue weighted by atomic mass is 79.9. The molecule has 2 fully saturated rings. The number of hydrogen-bond acceptors (Lipinski definition) is 12. The molecule has 1 amide bonds. The Morgan fingerprint density at radius 2 is 1.38 bits per heavy atom. The summed E-state index contributed by atoms with van der Waals surface area (Å²) in [6.07, 6.45) is 4.82. The summed E-state index contributed by atoms with van der Waals surface area (Å²) in [4.78, 5) is 36.1. The van der Waals surface area contributed by atoms with Gasteiger partial charge in [-0.3, -0.25) is 14.7 Å². The molecule has 488 valence electrons. The molecule has 2 aromatic heterocycles. The van der Waals surface area contributed by atoms with Crippen LogP contribution >= 0.6 is 86.9 Å². The number of ether oxygens (including phenoxy) is 2. The van der Waals surface area contributed by atoms with Crippen molar-refractivity contribution in [3.05, 3.63) is 166 Å². The molecule has 0 aliphatic carbocycles. The molecule has 0 bridgehead atoms. The summed E-state index contributed by atoms with van der Waals surface area (Å²) in [5.74, 6) is 1.33. The summed E-state index contributed by atoms with van der Waals surface area (Å²) < 4.78 is 114. The van der Waals surface area contributed by atoms with Crippen molar-refractivity contribution in [2.75, 3.05) is 65.7 Å². The number of benzene rings is 5. The van der Waals surface area contributed by atoms with E-state index in [0.717, 1.165) is 51.9 Å². The van der Waals surface area contributed by atoms with E-state index in [0.29, 0.717) is 76.0 Å². The lowest BCUT2D eigenvalue weighted by atomic mass is 9.65. The second-order valence-corrected chi connectivity index (χ2v) is 32.2. The van der Waals surface area contributed by atoms with Crippen molar-refractivity contribution in [1.82, 2.24) is 33.3 Å². The van der Waals surface area contributed by atoms with Crippen molar-refractivity contribution >= 4 is 147 Å². The molecule has 0 spiro atoms. The lowest BCUT2D eigenvalue weighted by Crippen LogP contribution is -2.66. The van der Waals surface area contributed by atoms with Crippen LogP contribution in [0, 0.1) is 29.8 Å². The zero-order valence-electron chi connectivity index (χ0n) is 51.4. The molecule has 0 radical (unpaired) electrons. The van der Waals surface area contributed by atoms with E-state index in [-0.39, 0.29) is 62.9 Å². The first kappa shape index (κ1) is 71.9. The lowest BCUT2D eigenvalue weighted by Gasteiger charge is -2.51. The van der Waals surface area contributed by atoms with Crippen LogP contribution in [0.15, 0.2) is 120 Å². The van der Waals surface area contributed by atoms with Crippen LogP contribution < -0.4 is 10.0 Å². The molecule has 16 nitrogen and oxygen atoms in total. The molecule has 91 heavy (non-hydrogen) atoms. The number of likely N-dealkylation sites (N-methyl/N-ethyl adjacent to an activating group) is 2. The third-order valence-electron chi connectivity index (χ3n) is 15.7. The third kappa shape index (κ3) is 15.4. The quantitative estimate of drug-likeness (QED) is 0.0534. The number of sulfonamides is 2. The van der Waals surface area contributed by atoms with Crippen LogP contribution in [0.3, 0.4) is 0 Å². The molecule has 2 saturated heterocycles. The van der Waals surface area contributed by atoms with Gasteiger partial charge >= 0.3 is 12.2 Å². The first-order valence-electron chi connectivity index (χ1n) is 28.5. The van der Waals surface area contributed by atoms with Gasteiger partial charge in [0.2, 0.25) is 10.0 Å². The number of piperidine rings is 1. The first-order chi connectivity index (χ1) is 42.5. The maximum Gasteiger partial charge on any atom is 0.424 e. The number of halogens is 9. The molecule has 27 heteroatoms. The number of aromatic amines is 1. The van der Waals surface area contributed by atoms with E-state index in [2.05, 4.69) is 121 Å². The van der Waals surface area contributed by atoms with E-state index in [1.165, 1.54) is 66.2 Å². The van der Waals surface area contributed by atoms with E-state index in [1.807, 2.05) is 18.0 Å². The SMILES string of the molecule is C#CCN(C)Cc1[nH]c2c(F)cc(Br)cc2c1CCNS(=O)(=O)c1ccc(Cl)cc1.C=C1CN(C)C[C@]23Nc4c(F)cc(Br)cc4[C@]12CCN3C.CC(C)(C)OC(=O)N(CCc1c(CBr)n(C(=O)OC(C)(C)C)c2c(F)cc(Br)cc12)S(=O)(=O)c1ccc(Cl)cc1. The Morgan fingerprint density at radius 1 is 0.813 bits per heavy atom. The van der Waals surface area contributed by atoms with Gasteiger partial charge in [-0.05, 0) is 189 Å². The largest absolute Gasteiger partial charge is 0.443 e. The molecule has 0 saturated carbocycles. The number of carbonyl (C=O) groups is 2. The number of anilines is 1. The second-order valence-electron chi connectivity index (χ2n) is 24.4.